The fourth-order valence-electron chi connectivity index (χ4n) is 3.65. The molecular formula is C22H25N3O4S. The Bertz CT molecular complexity index is 894. The summed E-state index contributed by atoms with van der Waals surface area (Å²) in [5.74, 6) is -0.685. The van der Waals surface area contributed by atoms with Crippen molar-refractivity contribution in [2.45, 2.75) is 44.2 Å². The Morgan fingerprint density at radius 2 is 2.10 bits per heavy atom. The molecule has 1 aliphatic rings. The van der Waals surface area contributed by atoms with Gasteiger partial charge in [0.15, 0.2) is 0 Å². The van der Waals surface area contributed by atoms with Gasteiger partial charge < -0.3 is 20.5 Å². The van der Waals surface area contributed by atoms with Crippen LogP contribution in [0.2, 0.25) is 0 Å². The lowest BCUT2D eigenvalue weighted by Crippen LogP contribution is -2.49. The van der Waals surface area contributed by atoms with Crippen LogP contribution in [0.15, 0.2) is 41.8 Å². The number of alkyl carbamates (subject to hydrolysis) is 1. The molecule has 1 heterocycles. The zero-order valence-corrected chi connectivity index (χ0v) is 17.4. The minimum atomic E-state index is -0.870. The predicted molar refractivity (Wildman–Crippen MR) is 113 cm³/mol. The van der Waals surface area contributed by atoms with E-state index in [0.29, 0.717) is 24.8 Å². The van der Waals surface area contributed by atoms with Crippen LogP contribution in [0, 0.1) is 17.2 Å². The van der Waals surface area contributed by atoms with Crippen molar-refractivity contribution in [1.29, 1.82) is 5.26 Å². The third-order valence-electron chi connectivity index (χ3n) is 5.19. The molecule has 158 valence electrons. The van der Waals surface area contributed by atoms with Crippen LogP contribution in [0.5, 0.6) is 5.75 Å². The molecule has 1 aliphatic carbocycles. The lowest BCUT2D eigenvalue weighted by molar-refractivity contribution is -0.127. The lowest BCUT2D eigenvalue weighted by atomic mass is 9.83. The Morgan fingerprint density at radius 1 is 1.27 bits per heavy atom. The van der Waals surface area contributed by atoms with E-state index in [0.717, 1.165) is 17.7 Å². The van der Waals surface area contributed by atoms with Gasteiger partial charge in [0.2, 0.25) is 5.91 Å². The lowest BCUT2D eigenvalue weighted by Gasteiger charge is -2.31. The molecule has 2 aromatic rings. The number of ether oxygens (including phenoxy) is 1. The molecular weight excluding hydrogens is 402 g/mol. The van der Waals surface area contributed by atoms with Crippen LogP contribution < -0.4 is 10.6 Å². The number of benzene rings is 1. The number of nitrogens with zero attached hydrogens (tertiary/aromatic N) is 1. The van der Waals surface area contributed by atoms with Gasteiger partial charge >= 0.3 is 6.09 Å². The minimum Gasteiger partial charge on any atom is -0.508 e. The maximum absolute atomic E-state index is 12.9. The minimum absolute atomic E-state index is 0.0319. The number of rotatable bonds is 7. The van der Waals surface area contributed by atoms with Crippen molar-refractivity contribution < 1.29 is 19.4 Å². The van der Waals surface area contributed by atoms with E-state index in [-0.39, 0.29) is 24.3 Å². The number of nitriles is 1. The maximum atomic E-state index is 12.9. The first-order valence-electron chi connectivity index (χ1n) is 10.0. The number of carbonyl (C=O) groups excluding carboxylic acids is 2. The number of phenolic OH excluding ortho intramolecular Hbond substituents is 1. The Labute approximate surface area is 179 Å². The summed E-state index contributed by atoms with van der Waals surface area (Å²) in [6, 6.07) is 11.1. The first-order chi connectivity index (χ1) is 14.6. The largest absolute Gasteiger partial charge is 0.508 e. The second-order valence-corrected chi connectivity index (χ2v) is 8.30. The molecule has 30 heavy (non-hydrogen) atoms. The molecule has 1 saturated carbocycles. The summed E-state index contributed by atoms with van der Waals surface area (Å²) < 4.78 is 5.28. The van der Waals surface area contributed by atoms with Crippen molar-refractivity contribution in [3.63, 3.8) is 0 Å². The average Bonchev–Trinajstić information content (AvgIpc) is 3.25. The zero-order chi connectivity index (χ0) is 21.3. The maximum Gasteiger partial charge on any atom is 0.407 e. The van der Waals surface area contributed by atoms with Crippen molar-refractivity contribution in [3.8, 4) is 11.8 Å². The predicted octanol–water partition coefficient (Wildman–Crippen LogP) is 3.66. The van der Waals surface area contributed by atoms with E-state index in [1.165, 1.54) is 12.1 Å². The van der Waals surface area contributed by atoms with Gasteiger partial charge in [-0.15, -0.1) is 11.3 Å². The first-order valence-corrected chi connectivity index (χ1v) is 10.9. The van der Waals surface area contributed by atoms with Gasteiger partial charge in [-0.25, -0.2) is 4.79 Å². The van der Waals surface area contributed by atoms with Gasteiger partial charge in [0.25, 0.3) is 0 Å². The molecule has 0 spiro atoms. The van der Waals surface area contributed by atoms with Crippen molar-refractivity contribution in [2.24, 2.45) is 5.92 Å². The van der Waals surface area contributed by atoms with E-state index in [1.54, 1.807) is 23.5 Å². The summed E-state index contributed by atoms with van der Waals surface area (Å²) in [7, 11) is 0. The highest BCUT2D eigenvalue weighted by Crippen LogP contribution is 2.26. The van der Waals surface area contributed by atoms with Gasteiger partial charge in [-0.3, -0.25) is 4.79 Å². The second kappa shape index (κ2) is 10.6. The van der Waals surface area contributed by atoms with E-state index in [1.807, 2.05) is 17.5 Å². The van der Waals surface area contributed by atoms with Gasteiger partial charge in [-0.1, -0.05) is 31.0 Å². The monoisotopic (exact) mass is 427 g/mol. The molecule has 7 nitrogen and oxygen atoms in total. The fraction of sp³-hybridized carbons (Fsp3) is 0.409. The topological polar surface area (TPSA) is 111 Å². The fourth-order valence-corrected chi connectivity index (χ4v) is 4.34. The molecule has 3 atom stereocenters. The quantitative estimate of drug-likeness (QED) is 0.624. The summed E-state index contributed by atoms with van der Waals surface area (Å²) in [5, 5.41) is 26.6. The number of carbonyl (C=O) groups is 2. The summed E-state index contributed by atoms with van der Waals surface area (Å²) in [5.41, 5.74) is 0.513. The SMILES string of the molecule is N#CC(NC(=O)C1CCCCC1NC(=O)OCCc1cccs1)c1cccc(O)c1. The third-order valence-corrected chi connectivity index (χ3v) is 6.12. The normalized spacial score (nSPS) is 19.3. The van der Waals surface area contributed by atoms with Gasteiger partial charge in [0.05, 0.1) is 18.6 Å². The van der Waals surface area contributed by atoms with Crippen molar-refractivity contribution in [2.75, 3.05) is 6.61 Å². The standard InChI is InChI=1S/C22H25N3O4S/c23-14-20(15-5-3-6-16(26)13-15)24-21(27)18-8-1-2-9-19(18)25-22(28)29-11-10-17-7-4-12-30-17/h3-7,12-13,18-20,26H,1-2,8-11H2,(H,24,27)(H,25,28). The molecule has 0 bridgehead atoms. The highest BCUT2D eigenvalue weighted by molar-refractivity contribution is 7.09. The van der Waals surface area contributed by atoms with Crippen LogP contribution in [0.1, 0.15) is 42.2 Å². The van der Waals surface area contributed by atoms with Crippen LogP contribution in [-0.2, 0) is 16.0 Å². The Hall–Kier alpha value is -3.05. The third kappa shape index (κ3) is 5.97. The van der Waals surface area contributed by atoms with Crippen molar-refractivity contribution >= 4 is 23.3 Å². The van der Waals surface area contributed by atoms with Crippen LogP contribution in [-0.4, -0.2) is 29.8 Å². The molecule has 3 unspecified atom stereocenters. The molecule has 0 radical (unpaired) electrons. The van der Waals surface area contributed by atoms with Crippen LogP contribution in [0.3, 0.4) is 0 Å². The van der Waals surface area contributed by atoms with Gasteiger partial charge in [-0.05, 0) is 42.0 Å². The first kappa shape index (κ1) is 21.7. The number of amides is 2. The molecule has 2 amide bonds. The van der Waals surface area contributed by atoms with Gasteiger partial charge in [-0.2, -0.15) is 5.26 Å². The van der Waals surface area contributed by atoms with E-state index < -0.39 is 18.1 Å². The average molecular weight is 428 g/mol. The van der Waals surface area contributed by atoms with Gasteiger partial charge in [0, 0.05) is 17.3 Å². The highest BCUT2D eigenvalue weighted by atomic mass is 32.1. The van der Waals surface area contributed by atoms with E-state index in [2.05, 4.69) is 16.7 Å². The molecule has 3 N–H and O–H groups in total. The second-order valence-electron chi connectivity index (χ2n) is 7.27. The molecule has 1 aromatic heterocycles. The number of aromatic hydroxyl groups is 1. The van der Waals surface area contributed by atoms with Crippen molar-refractivity contribution in [3.05, 3.63) is 52.2 Å². The van der Waals surface area contributed by atoms with Crippen molar-refractivity contribution in [1.82, 2.24) is 10.6 Å². The van der Waals surface area contributed by atoms with E-state index >= 15 is 0 Å². The number of hydrogen-bond acceptors (Lipinski definition) is 6. The Kier molecular flexibility index (Phi) is 7.69. The van der Waals surface area contributed by atoms with Crippen LogP contribution in [0.4, 0.5) is 4.79 Å². The molecule has 1 fully saturated rings. The molecule has 8 heteroatoms. The molecule has 1 aromatic carbocycles. The molecule has 0 aliphatic heterocycles. The number of hydrogen-bond donors (Lipinski definition) is 3. The number of phenols is 1. The summed E-state index contributed by atoms with van der Waals surface area (Å²) in [4.78, 5) is 26.2. The van der Waals surface area contributed by atoms with Gasteiger partial charge in [0.1, 0.15) is 11.8 Å². The number of thiophene rings is 1. The summed E-state index contributed by atoms with van der Waals surface area (Å²) >= 11 is 1.61. The number of nitrogens with one attached hydrogen (secondary N) is 2. The summed E-state index contributed by atoms with van der Waals surface area (Å²) in [6.45, 7) is 0.282. The summed E-state index contributed by atoms with van der Waals surface area (Å²) in [6.07, 6.45) is 3.24. The molecule has 3 rings (SSSR count). The zero-order valence-electron chi connectivity index (χ0n) is 16.5. The van der Waals surface area contributed by atoms with Crippen LogP contribution in [0.25, 0.3) is 0 Å². The van der Waals surface area contributed by atoms with Crippen LogP contribution >= 0.6 is 11.3 Å². The highest BCUT2D eigenvalue weighted by Gasteiger charge is 2.33. The smallest absolute Gasteiger partial charge is 0.407 e. The Morgan fingerprint density at radius 3 is 2.83 bits per heavy atom. The Balaban J connectivity index is 1.55. The molecule has 0 saturated heterocycles. The van der Waals surface area contributed by atoms with E-state index in [4.69, 9.17) is 4.74 Å². The van der Waals surface area contributed by atoms with E-state index in [9.17, 15) is 20.0 Å².